The highest BCUT2D eigenvalue weighted by atomic mass is 16.4. The Labute approximate surface area is 234 Å². The molecule has 3 heterocycles. The van der Waals surface area contributed by atoms with Gasteiger partial charge in [0.15, 0.2) is 0 Å². The molecule has 0 bridgehead atoms. The van der Waals surface area contributed by atoms with Crippen LogP contribution in [0.3, 0.4) is 0 Å². The molecule has 0 radical (unpaired) electrons. The maximum atomic E-state index is 13.7. The van der Waals surface area contributed by atoms with Crippen molar-refractivity contribution >= 4 is 40.6 Å². The van der Waals surface area contributed by atoms with Gasteiger partial charge in [-0.15, -0.1) is 0 Å². The maximum Gasteiger partial charge on any atom is 0.326 e. The van der Waals surface area contributed by atoms with Crippen molar-refractivity contribution in [3.05, 3.63) is 54.2 Å². The molecule has 4 unspecified atom stereocenters. The molecule has 2 aromatic heterocycles. The summed E-state index contributed by atoms with van der Waals surface area (Å²) in [6.45, 7) is 0.239. The highest BCUT2D eigenvalue weighted by Gasteiger charge is 2.39. The molecule has 1 aromatic carbocycles. The molecule has 4 rings (SSSR count). The van der Waals surface area contributed by atoms with Gasteiger partial charge in [0, 0.05) is 54.8 Å². The molecule has 41 heavy (non-hydrogen) atoms. The summed E-state index contributed by atoms with van der Waals surface area (Å²) in [7, 11) is 0. The number of hydrogen-bond acceptors (Lipinski definition) is 7. The number of nitrogens with one attached hydrogen (secondary N) is 4. The molecule has 1 fully saturated rings. The van der Waals surface area contributed by atoms with Gasteiger partial charge in [-0.05, 0) is 30.9 Å². The van der Waals surface area contributed by atoms with Crippen molar-refractivity contribution in [3.63, 3.8) is 0 Å². The zero-order valence-electron chi connectivity index (χ0n) is 22.2. The minimum absolute atomic E-state index is 0.0152. The summed E-state index contributed by atoms with van der Waals surface area (Å²) in [5.74, 6) is -4.19. The standard InChI is InChI=1S/C27H33N7O7/c28-18(7-8-23(35)36)24(37)32-20(11-16-13-29-14-31-16)25(38)33-21(26(39)34-9-3-6-22(34)27(40)41)10-15-12-30-19-5-2-1-4-17(15)19/h1-2,4-5,12-14,18,20-22,30H,3,6-11,28H2,(H,29,31)(H,32,37)(H,33,38)(H,35,36)(H,40,41). The first-order valence-electron chi connectivity index (χ1n) is 13.3. The average Bonchev–Trinajstić information content (AvgIpc) is 3.72. The molecular formula is C27H33N7O7. The van der Waals surface area contributed by atoms with Crippen molar-refractivity contribution in [2.75, 3.05) is 6.54 Å². The van der Waals surface area contributed by atoms with Crippen LogP contribution in [0.25, 0.3) is 10.9 Å². The van der Waals surface area contributed by atoms with Gasteiger partial charge in [0.1, 0.15) is 18.1 Å². The van der Waals surface area contributed by atoms with E-state index in [1.807, 2.05) is 24.3 Å². The van der Waals surface area contributed by atoms with E-state index in [0.29, 0.717) is 18.5 Å². The summed E-state index contributed by atoms with van der Waals surface area (Å²) in [5.41, 5.74) is 7.96. The SMILES string of the molecule is NC(CCC(=O)O)C(=O)NC(Cc1cnc[nH]1)C(=O)NC(Cc1c[nH]c2ccccc12)C(=O)N1CCCC1C(=O)O. The van der Waals surface area contributed by atoms with Crippen molar-refractivity contribution in [2.45, 2.75) is 62.7 Å². The third-order valence-electron chi connectivity index (χ3n) is 7.15. The van der Waals surface area contributed by atoms with E-state index in [-0.39, 0.29) is 32.2 Å². The van der Waals surface area contributed by atoms with Crippen LogP contribution in [-0.4, -0.2) is 90.4 Å². The first-order chi connectivity index (χ1) is 19.6. The number of carbonyl (C=O) groups excluding carboxylic acids is 3. The number of carbonyl (C=O) groups is 5. The van der Waals surface area contributed by atoms with Crippen LogP contribution in [0.1, 0.15) is 36.9 Å². The van der Waals surface area contributed by atoms with E-state index in [1.165, 1.54) is 17.4 Å². The molecular weight excluding hydrogens is 534 g/mol. The number of para-hydroxylation sites is 1. The Morgan fingerprint density at radius 1 is 1.05 bits per heavy atom. The first kappa shape index (κ1) is 29.3. The van der Waals surface area contributed by atoms with Crippen molar-refractivity contribution in [2.24, 2.45) is 5.73 Å². The largest absolute Gasteiger partial charge is 0.481 e. The number of hydrogen-bond donors (Lipinski definition) is 7. The van der Waals surface area contributed by atoms with Crippen LogP contribution in [-0.2, 0) is 36.8 Å². The number of imidazole rings is 1. The predicted molar refractivity (Wildman–Crippen MR) is 145 cm³/mol. The molecule has 3 amide bonds. The Hall–Kier alpha value is -4.72. The van der Waals surface area contributed by atoms with Crippen LogP contribution in [0.4, 0.5) is 0 Å². The van der Waals surface area contributed by atoms with Gasteiger partial charge in [0.2, 0.25) is 17.7 Å². The zero-order chi connectivity index (χ0) is 29.5. The Bertz CT molecular complexity index is 1400. The van der Waals surface area contributed by atoms with E-state index in [0.717, 1.165) is 16.5 Å². The second-order valence-electron chi connectivity index (χ2n) is 10.0. The summed E-state index contributed by atoms with van der Waals surface area (Å²) in [6, 6.07) is 2.96. The molecule has 14 nitrogen and oxygen atoms in total. The van der Waals surface area contributed by atoms with E-state index in [9.17, 15) is 29.1 Å². The number of carboxylic acid groups (broad SMARTS) is 2. The van der Waals surface area contributed by atoms with Crippen molar-refractivity contribution in [3.8, 4) is 0 Å². The highest BCUT2D eigenvalue weighted by molar-refractivity contribution is 5.95. The summed E-state index contributed by atoms with van der Waals surface area (Å²) >= 11 is 0. The number of benzene rings is 1. The van der Waals surface area contributed by atoms with Gasteiger partial charge in [-0.1, -0.05) is 18.2 Å². The fraction of sp³-hybridized carbons (Fsp3) is 0.407. The number of aliphatic carboxylic acids is 2. The number of carboxylic acids is 2. The first-order valence-corrected chi connectivity index (χ1v) is 13.3. The number of aromatic nitrogens is 3. The molecule has 8 N–H and O–H groups in total. The van der Waals surface area contributed by atoms with E-state index in [4.69, 9.17) is 10.8 Å². The van der Waals surface area contributed by atoms with Crippen molar-refractivity contribution < 1.29 is 34.2 Å². The van der Waals surface area contributed by atoms with Gasteiger partial charge >= 0.3 is 11.9 Å². The molecule has 218 valence electrons. The monoisotopic (exact) mass is 567 g/mol. The zero-order valence-corrected chi connectivity index (χ0v) is 22.2. The van der Waals surface area contributed by atoms with Gasteiger partial charge in [0.05, 0.1) is 12.4 Å². The number of rotatable bonds is 13. The third kappa shape index (κ3) is 7.28. The number of fused-ring (bicyclic) bond motifs is 1. The molecule has 3 aromatic rings. The fourth-order valence-corrected chi connectivity index (χ4v) is 4.99. The normalized spacial score (nSPS) is 17.1. The van der Waals surface area contributed by atoms with Crippen LogP contribution >= 0.6 is 0 Å². The van der Waals surface area contributed by atoms with Crippen molar-refractivity contribution in [1.82, 2.24) is 30.5 Å². The quantitative estimate of drug-likeness (QED) is 0.146. The van der Waals surface area contributed by atoms with Gasteiger partial charge in [-0.25, -0.2) is 9.78 Å². The number of amides is 3. The number of nitrogens with zero attached hydrogens (tertiary/aromatic N) is 2. The molecule has 1 aliphatic rings. The number of nitrogens with two attached hydrogens (primary N) is 1. The van der Waals surface area contributed by atoms with Gasteiger partial charge < -0.3 is 41.4 Å². The minimum atomic E-state index is -1.19. The average molecular weight is 568 g/mol. The predicted octanol–water partition coefficient (Wildman–Crippen LogP) is -0.0865. The van der Waals surface area contributed by atoms with Crippen LogP contribution in [0.15, 0.2) is 43.0 Å². The van der Waals surface area contributed by atoms with Crippen molar-refractivity contribution in [1.29, 1.82) is 0 Å². The minimum Gasteiger partial charge on any atom is -0.481 e. The highest BCUT2D eigenvalue weighted by Crippen LogP contribution is 2.23. The topological polar surface area (TPSA) is 224 Å². The van der Waals surface area contributed by atoms with Crippen LogP contribution in [0, 0.1) is 0 Å². The van der Waals surface area contributed by atoms with Gasteiger partial charge in [-0.3, -0.25) is 19.2 Å². The Morgan fingerprint density at radius 3 is 2.51 bits per heavy atom. The third-order valence-corrected chi connectivity index (χ3v) is 7.15. The maximum absolute atomic E-state index is 13.7. The summed E-state index contributed by atoms with van der Waals surface area (Å²) in [5, 5.41) is 24.7. The van der Waals surface area contributed by atoms with E-state index in [1.54, 1.807) is 6.20 Å². The Balaban J connectivity index is 1.58. The molecule has 0 saturated carbocycles. The smallest absolute Gasteiger partial charge is 0.326 e. The molecule has 1 saturated heterocycles. The lowest BCUT2D eigenvalue weighted by Crippen LogP contribution is -2.58. The lowest BCUT2D eigenvalue weighted by molar-refractivity contribution is -0.149. The molecule has 4 atom stereocenters. The number of aromatic amines is 2. The van der Waals surface area contributed by atoms with E-state index >= 15 is 0 Å². The molecule has 1 aliphatic heterocycles. The lowest BCUT2D eigenvalue weighted by atomic mass is 10.0. The van der Waals surface area contributed by atoms with Crippen LogP contribution < -0.4 is 16.4 Å². The van der Waals surface area contributed by atoms with Gasteiger partial charge in [-0.2, -0.15) is 0 Å². The fourth-order valence-electron chi connectivity index (χ4n) is 4.99. The van der Waals surface area contributed by atoms with E-state index < -0.39 is 53.8 Å². The molecule has 0 aliphatic carbocycles. The summed E-state index contributed by atoms with van der Waals surface area (Å²) in [6.07, 6.45) is 5.05. The summed E-state index contributed by atoms with van der Waals surface area (Å²) in [4.78, 5) is 74.1. The Morgan fingerprint density at radius 2 is 1.80 bits per heavy atom. The van der Waals surface area contributed by atoms with E-state index in [2.05, 4.69) is 25.6 Å². The lowest BCUT2D eigenvalue weighted by Gasteiger charge is -2.29. The molecule has 14 heteroatoms. The second kappa shape index (κ2) is 13.1. The van der Waals surface area contributed by atoms with Crippen LogP contribution in [0.5, 0.6) is 0 Å². The number of H-pyrrole nitrogens is 2. The Kier molecular flexibility index (Phi) is 9.34. The van der Waals surface area contributed by atoms with Crippen LogP contribution in [0.2, 0.25) is 0 Å². The molecule has 0 spiro atoms. The summed E-state index contributed by atoms with van der Waals surface area (Å²) < 4.78 is 0. The van der Waals surface area contributed by atoms with Gasteiger partial charge in [0.25, 0.3) is 0 Å². The second-order valence-corrected chi connectivity index (χ2v) is 10.0. The number of likely N-dealkylation sites (tertiary alicyclic amines) is 1.